The van der Waals surface area contributed by atoms with Gasteiger partial charge in [-0.3, -0.25) is 4.40 Å². The third-order valence-electron chi connectivity index (χ3n) is 3.88. The highest BCUT2D eigenvalue weighted by Gasteiger charge is 2.32. The molecule has 9 heteroatoms. The van der Waals surface area contributed by atoms with Crippen LogP contribution in [0, 0.1) is 0 Å². The normalized spacial score (nSPS) is 12.8. The number of benzene rings is 1. The molecule has 0 N–H and O–H groups in total. The summed E-state index contributed by atoms with van der Waals surface area (Å²) in [6, 6.07) is 7.30. The van der Waals surface area contributed by atoms with Crippen LogP contribution in [-0.2, 0) is 15.7 Å². The second-order valence-corrected chi connectivity index (χ2v) is 6.13. The first-order valence-corrected chi connectivity index (χ1v) is 8.17. The summed E-state index contributed by atoms with van der Waals surface area (Å²) in [7, 11) is 1.26. The number of carbonyl (C=O) groups excluding carboxylic acids is 1. The summed E-state index contributed by atoms with van der Waals surface area (Å²) in [4.78, 5) is 15.6. The van der Waals surface area contributed by atoms with Gasteiger partial charge in [0.05, 0.1) is 29.4 Å². The third-order valence-corrected chi connectivity index (χ3v) is 4.18. The molecule has 0 fully saturated rings. The molecule has 27 heavy (non-hydrogen) atoms. The van der Waals surface area contributed by atoms with E-state index in [1.165, 1.54) is 17.7 Å². The van der Waals surface area contributed by atoms with Crippen molar-refractivity contribution in [2.24, 2.45) is 0 Å². The van der Waals surface area contributed by atoms with E-state index in [1.807, 2.05) is 0 Å². The van der Waals surface area contributed by atoms with Crippen molar-refractivity contribution in [1.29, 1.82) is 0 Å². The Hall–Kier alpha value is -2.74. The van der Waals surface area contributed by atoms with Gasteiger partial charge in [-0.1, -0.05) is 11.6 Å². The van der Waals surface area contributed by atoms with Crippen LogP contribution in [0.4, 0.5) is 13.2 Å². The number of nitrogens with zero attached hydrogens (tertiary/aromatic N) is 2. The number of hydrogen-bond donors (Lipinski definition) is 0. The van der Waals surface area contributed by atoms with Gasteiger partial charge in [0, 0.05) is 11.8 Å². The van der Waals surface area contributed by atoms with E-state index in [0.717, 1.165) is 12.3 Å². The summed E-state index contributed by atoms with van der Waals surface area (Å²) in [6.07, 6.45) is -2.96. The van der Waals surface area contributed by atoms with E-state index in [2.05, 4.69) is 9.72 Å². The summed E-state index contributed by atoms with van der Waals surface area (Å²) in [5.74, 6) is 0.185. The third kappa shape index (κ3) is 3.85. The summed E-state index contributed by atoms with van der Waals surface area (Å²) in [5, 5.41) is -0.0459. The number of pyridine rings is 1. The SMILES string of the molecule is COC(=O)[C@H](C)Oc1ccc(-c2ncc3c(Cl)cc(C(F)(F)F)cn23)cc1. The van der Waals surface area contributed by atoms with Gasteiger partial charge in [0.1, 0.15) is 11.6 Å². The fourth-order valence-corrected chi connectivity index (χ4v) is 2.78. The van der Waals surface area contributed by atoms with Crippen LogP contribution < -0.4 is 4.74 Å². The first-order valence-electron chi connectivity index (χ1n) is 7.79. The number of methoxy groups -OCH3 is 1. The van der Waals surface area contributed by atoms with E-state index >= 15 is 0 Å². The topological polar surface area (TPSA) is 52.8 Å². The van der Waals surface area contributed by atoms with Crippen LogP contribution in [0.1, 0.15) is 12.5 Å². The second-order valence-electron chi connectivity index (χ2n) is 5.72. The quantitative estimate of drug-likeness (QED) is 0.602. The summed E-state index contributed by atoms with van der Waals surface area (Å²) >= 11 is 5.97. The molecule has 1 aromatic carbocycles. The van der Waals surface area contributed by atoms with Crippen LogP contribution in [0.25, 0.3) is 16.9 Å². The lowest BCUT2D eigenvalue weighted by Gasteiger charge is -2.13. The molecule has 3 aromatic rings. The molecule has 0 spiro atoms. The maximum absolute atomic E-state index is 13.1. The maximum atomic E-state index is 13.1. The number of fused-ring (bicyclic) bond motifs is 1. The predicted octanol–water partition coefficient (Wildman–Crippen LogP) is 4.61. The van der Waals surface area contributed by atoms with Crippen LogP contribution in [0.2, 0.25) is 5.02 Å². The Balaban J connectivity index is 1.96. The Labute approximate surface area is 157 Å². The molecule has 5 nitrogen and oxygen atoms in total. The van der Waals surface area contributed by atoms with Crippen LogP contribution in [-0.4, -0.2) is 28.6 Å². The van der Waals surface area contributed by atoms with E-state index in [4.69, 9.17) is 16.3 Å². The van der Waals surface area contributed by atoms with Gasteiger partial charge >= 0.3 is 12.1 Å². The molecule has 0 saturated carbocycles. The molecule has 3 rings (SSSR count). The zero-order valence-electron chi connectivity index (χ0n) is 14.2. The fourth-order valence-electron chi connectivity index (χ4n) is 2.52. The van der Waals surface area contributed by atoms with Gasteiger partial charge < -0.3 is 9.47 Å². The minimum atomic E-state index is -4.53. The molecule has 0 unspecified atom stereocenters. The molecule has 0 aliphatic heterocycles. The Kier molecular flexibility index (Phi) is 5.01. The molecule has 0 aliphatic rings. The summed E-state index contributed by atoms with van der Waals surface area (Å²) in [5.41, 5.74) is 0.0499. The van der Waals surface area contributed by atoms with Crippen LogP contribution in [0.3, 0.4) is 0 Å². The van der Waals surface area contributed by atoms with Crippen molar-refractivity contribution in [3.63, 3.8) is 0 Å². The Morgan fingerprint density at radius 2 is 1.93 bits per heavy atom. The highest BCUT2D eigenvalue weighted by atomic mass is 35.5. The van der Waals surface area contributed by atoms with Gasteiger partial charge in [-0.2, -0.15) is 13.2 Å². The molecular weight excluding hydrogens is 385 g/mol. The highest BCUT2D eigenvalue weighted by molar-refractivity contribution is 6.33. The standard InChI is InChI=1S/C18H14ClF3N2O3/c1-10(17(25)26-2)27-13-5-3-11(4-6-13)16-23-8-15-14(19)7-12(9-24(15)16)18(20,21)22/h3-10H,1-2H3/t10-/m0/s1. The molecule has 142 valence electrons. The van der Waals surface area contributed by atoms with Gasteiger partial charge in [-0.05, 0) is 37.3 Å². The van der Waals surface area contributed by atoms with Crippen molar-refractivity contribution in [2.75, 3.05) is 7.11 Å². The van der Waals surface area contributed by atoms with Crippen molar-refractivity contribution in [1.82, 2.24) is 9.38 Å². The number of alkyl halides is 3. The van der Waals surface area contributed by atoms with E-state index in [9.17, 15) is 18.0 Å². The van der Waals surface area contributed by atoms with Crippen molar-refractivity contribution >= 4 is 23.1 Å². The molecule has 2 aromatic heterocycles. The summed E-state index contributed by atoms with van der Waals surface area (Å²) in [6.45, 7) is 1.54. The van der Waals surface area contributed by atoms with E-state index in [0.29, 0.717) is 22.7 Å². The van der Waals surface area contributed by atoms with Crippen LogP contribution in [0.15, 0.2) is 42.7 Å². The number of ether oxygens (including phenoxy) is 2. The highest BCUT2D eigenvalue weighted by Crippen LogP contribution is 2.34. The Bertz CT molecular complexity index is 984. The summed E-state index contributed by atoms with van der Waals surface area (Å²) < 4.78 is 50.5. The molecule has 0 saturated heterocycles. The number of imidazole rings is 1. The number of carbonyl (C=O) groups is 1. The van der Waals surface area contributed by atoms with Crippen molar-refractivity contribution in [2.45, 2.75) is 19.2 Å². The molecule has 0 aliphatic carbocycles. The lowest BCUT2D eigenvalue weighted by atomic mass is 10.2. The van der Waals surface area contributed by atoms with Crippen molar-refractivity contribution < 1.29 is 27.4 Å². The average Bonchev–Trinajstić information content (AvgIpc) is 3.05. The lowest BCUT2D eigenvalue weighted by molar-refractivity contribution is -0.148. The molecule has 1 atom stereocenters. The van der Waals surface area contributed by atoms with Gasteiger partial charge in [0.25, 0.3) is 0 Å². The van der Waals surface area contributed by atoms with Gasteiger partial charge in [0.2, 0.25) is 0 Å². The van der Waals surface area contributed by atoms with Crippen LogP contribution >= 0.6 is 11.6 Å². The molecule has 0 amide bonds. The molecular formula is C18H14ClF3N2O3. The second kappa shape index (κ2) is 7.11. The van der Waals surface area contributed by atoms with Crippen molar-refractivity contribution in [3.05, 3.63) is 53.3 Å². The van der Waals surface area contributed by atoms with Gasteiger partial charge in [-0.25, -0.2) is 9.78 Å². The number of rotatable bonds is 4. The minimum absolute atomic E-state index is 0.0459. The first-order chi connectivity index (χ1) is 12.7. The Morgan fingerprint density at radius 1 is 1.26 bits per heavy atom. The van der Waals surface area contributed by atoms with Gasteiger partial charge in [-0.15, -0.1) is 0 Å². The Morgan fingerprint density at radius 3 is 2.52 bits per heavy atom. The lowest BCUT2D eigenvalue weighted by Crippen LogP contribution is -2.24. The molecule has 0 bridgehead atoms. The zero-order valence-corrected chi connectivity index (χ0v) is 15.0. The minimum Gasteiger partial charge on any atom is -0.479 e. The van der Waals surface area contributed by atoms with E-state index in [1.54, 1.807) is 31.2 Å². The first kappa shape index (κ1) is 19.0. The van der Waals surface area contributed by atoms with E-state index in [-0.39, 0.29) is 5.02 Å². The monoisotopic (exact) mass is 398 g/mol. The largest absolute Gasteiger partial charge is 0.479 e. The number of hydrogen-bond acceptors (Lipinski definition) is 4. The van der Waals surface area contributed by atoms with Gasteiger partial charge in [0.15, 0.2) is 6.10 Å². The number of aromatic nitrogens is 2. The number of esters is 1. The molecule has 2 heterocycles. The molecule has 0 radical (unpaired) electrons. The van der Waals surface area contributed by atoms with Crippen LogP contribution in [0.5, 0.6) is 5.75 Å². The smallest absolute Gasteiger partial charge is 0.417 e. The van der Waals surface area contributed by atoms with E-state index < -0.39 is 23.8 Å². The average molecular weight is 399 g/mol. The van der Waals surface area contributed by atoms with Crippen molar-refractivity contribution in [3.8, 4) is 17.1 Å². The predicted molar refractivity (Wildman–Crippen MR) is 92.7 cm³/mol. The number of halogens is 4. The maximum Gasteiger partial charge on any atom is 0.417 e. The fraction of sp³-hybridized carbons (Fsp3) is 0.222. The zero-order chi connectivity index (χ0) is 19.8.